The second-order valence-electron chi connectivity index (χ2n) is 4.90. The molecule has 3 amide bonds. The van der Waals surface area contributed by atoms with Crippen LogP contribution in [0, 0.1) is 0 Å². The smallest absolute Gasteiger partial charge is 0.258 e. The minimum atomic E-state index is -0.344. The number of benzene rings is 1. The van der Waals surface area contributed by atoms with E-state index in [0.717, 1.165) is 6.41 Å². The molecule has 0 bridgehead atoms. The number of carbonyl (C=O) groups is 3. The fraction of sp³-hybridized carbons (Fsp3) is 0.400. The van der Waals surface area contributed by atoms with E-state index < -0.39 is 0 Å². The van der Waals surface area contributed by atoms with Crippen LogP contribution >= 0.6 is 0 Å². The highest BCUT2D eigenvalue weighted by Gasteiger charge is 2.20. The predicted molar refractivity (Wildman–Crippen MR) is 79.2 cm³/mol. The van der Waals surface area contributed by atoms with Crippen molar-refractivity contribution in [2.24, 2.45) is 0 Å². The maximum atomic E-state index is 11.9. The number of nitrogens with one attached hydrogen (secondary N) is 1. The van der Waals surface area contributed by atoms with Gasteiger partial charge in [-0.25, -0.2) is 0 Å². The summed E-state index contributed by atoms with van der Waals surface area (Å²) in [7, 11) is 0. The summed E-state index contributed by atoms with van der Waals surface area (Å²) < 4.78 is 5.29. The van der Waals surface area contributed by atoms with E-state index in [9.17, 15) is 14.4 Å². The highest BCUT2D eigenvalue weighted by Crippen LogP contribution is 2.07. The van der Waals surface area contributed by atoms with Crippen molar-refractivity contribution in [3.63, 3.8) is 0 Å². The molecule has 7 heteroatoms. The van der Waals surface area contributed by atoms with Crippen molar-refractivity contribution in [1.82, 2.24) is 15.1 Å². The van der Waals surface area contributed by atoms with Gasteiger partial charge in [-0.1, -0.05) is 18.2 Å². The quantitative estimate of drug-likeness (QED) is 0.718. The minimum Gasteiger partial charge on any atom is -0.484 e. The number of ether oxygens (including phenoxy) is 1. The lowest BCUT2D eigenvalue weighted by Crippen LogP contribution is -2.51. The van der Waals surface area contributed by atoms with Gasteiger partial charge < -0.3 is 19.9 Å². The maximum absolute atomic E-state index is 11.9. The summed E-state index contributed by atoms with van der Waals surface area (Å²) in [5.74, 6) is 0.108. The first-order valence-corrected chi connectivity index (χ1v) is 7.10. The van der Waals surface area contributed by atoms with Crippen molar-refractivity contribution in [1.29, 1.82) is 0 Å². The lowest BCUT2D eigenvalue weighted by Gasteiger charge is -2.32. The molecular weight excluding hydrogens is 286 g/mol. The summed E-state index contributed by atoms with van der Waals surface area (Å²) >= 11 is 0. The normalized spacial score (nSPS) is 14.4. The molecule has 0 aromatic heterocycles. The third-order valence-electron chi connectivity index (χ3n) is 3.37. The van der Waals surface area contributed by atoms with Gasteiger partial charge in [0.15, 0.2) is 6.61 Å². The van der Waals surface area contributed by atoms with Crippen LogP contribution in [-0.2, 0) is 14.4 Å². The van der Waals surface area contributed by atoms with Crippen LogP contribution in [0.4, 0.5) is 0 Å². The van der Waals surface area contributed by atoms with E-state index in [4.69, 9.17) is 4.74 Å². The Kier molecular flexibility index (Phi) is 5.76. The summed E-state index contributed by atoms with van der Waals surface area (Å²) in [5, 5.41) is 2.54. The predicted octanol–water partition coefficient (Wildman–Crippen LogP) is -0.518. The van der Waals surface area contributed by atoms with Crippen LogP contribution in [0.3, 0.4) is 0 Å². The zero-order valence-electron chi connectivity index (χ0n) is 12.2. The van der Waals surface area contributed by atoms with Crippen molar-refractivity contribution in [3.8, 4) is 5.75 Å². The van der Waals surface area contributed by atoms with Crippen molar-refractivity contribution < 1.29 is 19.1 Å². The Morgan fingerprint density at radius 1 is 1.14 bits per heavy atom. The SMILES string of the molecule is O=CN1CCN(C(=O)CNC(=O)COc2ccccc2)CC1. The maximum Gasteiger partial charge on any atom is 0.258 e. The molecule has 7 nitrogen and oxygen atoms in total. The second-order valence-corrected chi connectivity index (χ2v) is 4.90. The van der Waals surface area contributed by atoms with Gasteiger partial charge in [-0.3, -0.25) is 14.4 Å². The van der Waals surface area contributed by atoms with E-state index in [1.54, 1.807) is 21.9 Å². The topological polar surface area (TPSA) is 79.0 Å². The second kappa shape index (κ2) is 8.02. The molecule has 1 heterocycles. The van der Waals surface area contributed by atoms with Gasteiger partial charge >= 0.3 is 0 Å². The van der Waals surface area contributed by atoms with Gasteiger partial charge in [-0.05, 0) is 12.1 Å². The summed E-state index contributed by atoms with van der Waals surface area (Å²) in [6.07, 6.45) is 0.782. The fourth-order valence-corrected chi connectivity index (χ4v) is 2.08. The van der Waals surface area contributed by atoms with Gasteiger partial charge in [0.25, 0.3) is 5.91 Å². The Hall–Kier alpha value is -2.57. The van der Waals surface area contributed by atoms with E-state index in [1.807, 2.05) is 18.2 Å². The molecule has 1 N–H and O–H groups in total. The molecule has 1 aliphatic rings. The Morgan fingerprint density at radius 2 is 1.82 bits per heavy atom. The molecule has 0 unspecified atom stereocenters. The zero-order chi connectivity index (χ0) is 15.8. The number of amides is 3. The van der Waals surface area contributed by atoms with E-state index in [-0.39, 0.29) is 25.0 Å². The highest BCUT2D eigenvalue weighted by molar-refractivity contribution is 5.85. The molecule has 0 spiro atoms. The number of nitrogens with zero attached hydrogens (tertiary/aromatic N) is 2. The number of hydrogen-bond donors (Lipinski definition) is 1. The van der Waals surface area contributed by atoms with Crippen LogP contribution in [0.15, 0.2) is 30.3 Å². The highest BCUT2D eigenvalue weighted by atomic mass is 16.5. The first-order valence-electron chi connectivity index (χ1n) is 7.10. The summed E-state index contributed by atoms with van der Waals surface area (Å²) in [4.78, 5) is 37.4. The van der Waals surface area contributed by atoms with Gasteiger partial charge in [0.2, 0.25) is 12.3 Å². The lowest BCUT2D eigenvalue weighted by atomic mass is 10.3. The first-order chi connectivity index (χ1) is 10.7. The molecule has 0 aliphatic carbocycles. The summed E-state index contributed by atoms with van der Waals surface area (Å²) in [5.41, 5.74) is 0. The Labute approximate surface area is 128 Å². The van der Waals surface area contributed by atoms with Crippen LogP contribution < -0.4 is 10.1 Å². The Balaban J connectivity index is 1.65. The van der Waals surface area contributed by atoms with E-state index >= 15 is 0 Å². The summed E-state index contributed by atoms with van der Waals surface area (Å²) in [6, 6.07) is 9.00. The molecule has 0 saturated carbocycles. The van der Waals surface area contributed by atoms with E-state index in [0.29, 0.717) is 31.9 Å². The number of para-hydroxylation sites is 1. The standard InChI is InChI=1S/C15H19N3O4/c19-12-17-6-8-18(9-7-17)15(21)10-16-14(20)11-22-13-4-2-1-3-5-13/h1-5,12H,6-11H2,(H,16,20). The average molecular weight is 305 g/mol. The van der Waals surface area contributed by atoms with Crippen molar-refractivity contribution in [3.05, 3.63) is 30.3 Å². The number of piperazine rings is 1. The summed E-state index contributed by atoms with van der Waals surface area (Å²) in [6.45, 7) is 1.86. The van der Waals surface area contributed by atoms with Gasteiger partial charge in [0.05, 0.1) is 6.54 Å². The molecule has 1 fully saturated rings. The van der Waals surface area contributed by atoms with Gasteiger partial charge in [-0.2, -0.15) is 0 Å². The molecule has 1 aromatic carbocycles. The van der Waals surface area contributed by atoms with Crippen LogP contribution in [0.25, 0.3) is 0 Å². The van der Waals surface area contributed by atoms with Crippen molar-refractivity contribution >= 4 is 18.2 Å². The Morgan fingerprint density at radius 3 is 2.45 bits per heavy atom. The molecule has 118 valence electrons. The molecule has 1 aliphatic heterocycles. The van der Waals surface area contributed by atoms with Crippen LogP contribution in [0.1, 0.15) is 0 Å². The van der Waals surface area contributed by atoms with E-state index in [1.165, 1.54) is 0 Å². The molecule has 1 saturated heterocycles. The molecular formula is C15H19N3O4. The van der Waals surface area contributed by atoms with Crippen molar-refractivity contribution in [2.75, 3.05) is 39.3 Å². The first kappa shape index (κ1) is 15.8. The zero-order valence-corrected chi connectivity index (χ0v) is 12.2. The van der Waals surface area contributed by atoms with Gasteiger partial charge in [-0.15, -0.1) is 0 Å². The van der Waals surface area contributed by atoms with Crippen molar-refractivity contribution in [2.45, 2.75) is 0 Å². The van der Waals surface area contributed by atoms with Crippen LogP contribution in [-0.4, -0.2) is 67.4 Å². The molecule has 0 atom stereocenters. The monoisotopic (exact) mass is 305 g/mol. The van der Waals surface area contributed by atoms with Gasteiger partial charge in [0.1, 0.15) is 5.75 Å². The van der Waals surface area contributed by atoms with E-state index in [2.05, 4.69) is 5.32 Å². The number of hydrogen-bond acceptors (Lipinski definition) is 4. The average Bonchev–Trinajstić information content (AvgIpc) is 2.58. The molecule has 22 heavy (non-hydrogen) atoms. The number of rotatable bonds is 6. The third-order valence-corrected chi connectivity index (χ3v) is 3.37. The fourth-order valence-electron chi connectivity index (χ4n) is 2.08. The lowest BCUT2D eigenvalue weighted by molar-refractivity contribution is -0.136. The molecule has 1 aromatic rings. The number of carbonyl (C=O) groups excluding carboxylic acids is 3. The van der Waals surface area contributed by atoms with Gasteiger partial charge in [0, 0.05) is 26.2 Å². The van der Waals surface area contributed by atoms with Crippen LogP contribution in [0.5, 0.6) is 5.75 Å². The molecule has 0 radical (unpaired) electrons. The molecule has 2 rings (SSSR count). The third kappa shape index (κ3) is 4.76. The minimum absolute atomic E-state index is 0.0575. The Bertz CT molecular complexity index is 513. The van der Waals surface area contributed by atoms with Crippen LogP contribution in [0.2, 0.25) is 0 Å². The largest absolute Gasteiger partial charge is 0.484 e.